The van der Waals surface area contributed by atoms with Crippen molar-refractivity contribution >= 4 is 15.7 Å². The molecule has 136 valence electrons. The summed E-state index contributed by atoms with van der Waals surface area (Å²) in [6, 6.07) is 0.806. The van der Waals surface area contributed by atoms with Crippen LogP contribution < -0.4 is 0 Å². The van der Waals surface area contributed by atoms with Gasteiger partial charge in [-0.3, -0.25) is 9.69 Å². The first kappa shape index (κ1) is 16.8. The molecule has 0 aromatic rings. The Balaban J connectivity index is 1.40. The number of sulfone groups is 1. The van der Waals surface area contributed by atoms with E-state index < -0.39 is 14.6 Å². The summed E-state index contributed by atoms with van der Waals surface area (Å²) in [4.78, 5) is 17.2. The Morgan fingerprint density at radius 2 is 1.88 bits per heavy atom. The van der Waals surface area contributed by atoms with Crippen molar-refractivity contribution in [2.24, 2.45) is 5.92 Å². The van der Waals surface area contributed by atoms with Gasteiger partial charge in [-0.05, 0) is 57.8 Å². The number of carbonyl (C=O) groups is 1. The van der Waals surface area contributed by atoms with Crippen LogP contribution in [0.1, 0.15) is 58.3 Å². The van der Waals surface area contributed by atoms with Crippen LogP contribution in [0, 0.1) is 5.92 Å². The standard InChI is InChI=1S/C18H30N2O3S/c1-14(15-3-4-15)20(16-5-6-16)17(21)13-19-10-9-18(7-2-8-18)24(22,23)12-11-19/h14-16H,2-13H2,1H3. The minimum Gasteiger partial charge on any atom is -0.336 e. The highest BCUT2D eigenvalue weighted by molar-refractivity contribution is 7.92. The zero-order valence-corrected chi connectivity index (χ0v) is 15.6. The smallest absolute Gasteiger partial charge is 0.237 e. The fourth-order valence-corrected chi connectivity index (χ4v) is 6.82. The van der Waals surface area contributed by atoms with Gasteiger partial charge in [-0.2, -0.15) is 0 Å². The second-order valence-corrected chi connectivity index (χ2v) is 11.0. The van der Waals surface area contributed by atoms with Crippen molar-refractivity contribution in [3.8, 4) is 0 Å². The van der Waals surface area contributed by atoms with E-state index in [1.54, 1.807) is 0 Å². The van der Waals surface area contributed by atoms with Gasteiger partial charge in [0.2, 0.25) is 5.91 Å². The molecule has 1 atom stereocenters. The zero-order chi connectivity index (χ0) is 16.9. The van der Waals surface area contributed by atoms with Gasteiger partial charge in [0.1, 0.15) is 0 Å². The maximum absolute atomic E-state index is 12.9. The van der Waals surface area contributed by atoms with E-state index in [0.29, 0.717) is 37.5 Å². The fraction of sp³-hybridized carbons (Fsp3) is 0.944. The predicted octanol–water partition coefficient (Wildman–Crippen LogP) is 1.82. The molecule has 24 heavy (non-hydrogen) atoms. The van der Waals surface area contributed by atoms with Crippen LogP contribution in [0.25, 0.3) is 0 Å². The Bertz CT molecular complexity index is 606. The molecule has 0 radical (unpaired) electrons. The third kappa shape index (κ3) is 3.00. The summed E-state index contributed by atoms with van der Waals surface area (Å²) < 4.78 is 24.7. The number of hydrogen-bond acceptors (Lipinski definition) is 4. The lowest BCUT2D eigenvalue weighted by Crippen LogP contribution is -2.47. The topological polar surface area (TPSA) is 57.7 Å². The highest BCUT2D eigenvalue weighted by Gasteiger charge is 2.50. The summed E-state index contributed by atoms with van der Waals surface area (Å²) in [5.74, 6) is 1.14. The van der Waals surface area contributed by atoms with E-state index in [1.165, 1.54) is 12.8 Å². The average Bonchev–Trinajstić information content (AvgIpc) is 3.35. The summed E-state index contributed by atoms with van der Waals surface area (Å²) in [6.07, 6.45) is 8.18. The molecular weight excluding hydrogens is 324 g/mol. The van der Waals surface area contributed by atoms with Gasteiger partial charge in [-0.25, -0.2) is 8.42 Å². The first-order valence-corrected chi connectivity index (χ1v) is 11.3. The number of nitrogens with zero attached hydrogens (tertiary/aromatic N) is 2. The maximum atomic E-state index is 12.9. The molecule has 5 nitrogen and oxygen atoms in total. The Labute approximate surface area is 145 Å². The molecule has 6 heteroatoms. The third-order valence-corrected chi connectivity index (χ3v) is 9.47. The van der Waals surface area contributed by atoms with Crippen LogP contribution in [0.4, 0.5) is 0 Å². The van der Waals surface area contributed by atoms with Crippen molar-refractivity contribution in [2.75, 3.05) is 25.4 Å². The number of amides is 1. The lowest BCUT2D eigenvalue weighted by Gasteiger charge is -2.40. The largest absolute Gasteiger partial charge is 0.336 e. The molecule has 1 heterocycles. The van der Waals surface area contributed by atoms with Crippen LogP contribution in [0.3, 0.4) is 0 Å². The van der Waals surface area contributed by atoms with E-state index >= 15 is 0 Å². The number of carbonyl (C=O) groups excluding carboxylic acids is 1. The highest BCUT2D eigenvalue weighted by atomic mass is 32.2. The van der Waals surface area contributed by atoms with Crippen LogP contribution in [0.2, 0.25) is 0 Å². The lowest BCUT2D eigenvalue weighted by molar-refractivity contribution is -0.135. The van der Waals surface area contributed by atoms with E-state index in [0.717, 1.165) is 38.6 Å². The number of rotatable bonds is 5. The zero-order valence-electron chi connectivity index (χ0n) is 14.7. The molecule has 1 aliphatic heterocycles. The lowest BCUT2D eigenvalue weighted by atomic mass is 9.81. The van der Waals surface area contributed by atoms with Gasteiger partial charge in [0, 0.05) is 25.2 Å². The van der Waals surface area contributed by atoms with E-state index in [-0.39, 0.29) is 11.7 Å². The van der Waals surface area contributed by atoms with Crippen molar-refractivity contribution < 1.29 is 13.2 Å². The van der Waals surface area contributed by atoms with Gasteiger partial charge in [-0.1, -0.05) is 6.42 Å². The maximum Gasteiger partial charge on any atom is 0.237 e. The molecule has 4 aliphatic rings. The van der Waals surface area contributed by atoms with Gasteiger partial charge in [0.05, 0.1) is 17.0 Å². The Morgan fingerprint density at radius 3 is 2.42 bits per heavy atom. The normalized spacial score (nSPS) is 30.4. The molecule has 1 saturated heterocycles. The molecular formula is C18H30N2O3S. The predicted molar refractivity (Wildman–Crippen MR) is 93.5 cm³/mol. The first-order valence-electron chi connectivity index (χ1n) is 9.68. The molecule has 1 spiro atoms. The van der Waals surface area contributed by atoms with Crippen molar-refractivity contribution in [1.29, 1.82) is 0 Å². The van der Waals surface area contributed by atoms with Crippen molar-refractivity contribution in [3.05, 3.63) is 0 Å². The summed E-state index contributed by atoms with van der Waals surface area (Å²) in [6.45, 7) is 3.87. The van der Waals surface area contributed by atoms with Crippen molar-refractivity contribution in [2.45, 2.75) is 75.1 Å². The summed E-state index contributed by atoms with van der Waals surface area (Å²) in [7, 11) is -3.00. The Morgan fingerprint density at radius 1 is 1.17 bits per heavy atom. The minimum atomic E-state index is -3.00. The third-order valence-electron chi connectivity index (χ3n) is 6.81. The molecule has 4 fully saturated rings. The van der Waals surface area contributed by atoms with Crippen LogP contribution in [-0.2, 0) is 14.6 Å². The van der Waals surface area contributed by atoms with E-state index in [4.69, 9.17) is 0 Å². The van der Waals surface area contributed by atoms with Crippen LogP contribution >= 0.6 is 0 Å². The quantitative estimate of drug-likeness (QED) is 0.756. The Hall–Kier alpha value is -0.620. The first-order chi connectivity index (χ1) is 11.4. The van der Waals surface area contributed by atoms with Gasteiger partial charge in [0.25, 0.3) is 0 Å². The van der Waals surface area contributed by atoms with Gasteiger partial charge < -0.3 is 4.90 Å². The van der Waals surface area contributed by atoms with Gasteiger partial charge in [0.15, 0.2) is 9.84 Å². The monoisotopic (exact) mass is 354 g/mol. The van der Waals surface area contributed by atoms with Crippen molar-refractivity contribution in [1.82, 2.24) is 9.80 Å². The SMILES string of the molecule is CC(C1CC1)N(C(=O)CN1CCC2(CCC2)S(=O)(=O)CC1)C1CC1. The Kier molecular flexibility index (Phi) is 4.19. The molecule has 3 saturated carbocycles. The number of hydrogen-bond donors (Lipinski definition) is 0. The van der Waals surface area contributed by atoms with Gasteiger partial charge >= 0.3 is 0 Å². The highest BCUT2D eigenvalue weighted by Crippen LogP contribution is 2.44. The molecule has 0 bridgehead atoms. The summed E-state index contributed by atoms with van der Waals surface area (Å²) in [5, 5.41) is 0. The molecule has 0 N–H and O–H groups in total. The average molecular weight is 355 g/mol. The molecule has 1 amide bonds. The molecule has 1 unspecified atom stereocenters. The second-order valence-electron chi connectivity index (χ2n) is 8.49. The molecule has 0 aromatic carbocycles. The van der Waals surface area contributed by atoms with E-state index in [1.807, 2.05) is 0 Å². The molecule has 4 rings (SSSR count). The van der Waals surface area contributed by atoms with Crippen molar-refractivity contribution in [3.63, 3.8) is 0 Å². The van der Waals surface area contributed by atoms with E-state index in [2.05, 4.69) is 16.7 Å². The van der Waals surface area contributed by atoms with Crippen LogP contribution in [-0.4, -0.2) is 66.3 Å². The summed E-state index contributed by atoms with van der Waals surface area (Å²) >= 11 is 0. The fourth-order valence-electron chi connectivity index (χ4n) is 4.58. The van der Waals surface area contributed by atoms with E-state index in [9.17, 15) is 13.2 Å². The summed E-state index contributed by atoms with van der Waals surface area (Å²) in [5.41, 5.74) is 0. The molecule has 0 aromatic heterocycles. The second kappa shape index (κ2) is 5.97. The van der Waals surface area contributed by atoms with Crippen LogP contribution in [0.15, 0.2) is 0 Å². The molecule has 3 aliphatic carbocycles. The van der Waals surface area contributed by atoms with Crippen LogP contribution in [0.5, 0.6) is 0 Å². The van der Waals surface area contributed by atoms with Gasteiger partial charge in [-0.15, -0.1) is 0 Å². The minimum absolute atomic E-state index is 0.221.